The zero-order chi connectivity index (χ0) is 11.5. The number of aromatic nitrogens is 3. The highest BCUT2D eigenvalue weighted by atomic mass is 16.1. The summed E-state index contributed by atoms with van der Waals surface area (Å²) in [5, 5.41) is 8.21. The zero-order valence-corrected chi connectivity index (χ0v) is 9.65. The van der Waals surface area contributed by atoms with Crippen LogP contribution in [-0.4, -0.2) is 20.9 Å². The molecule has 0 bridgehead atoms. The average molecular weight is 222 g/mol. The molecule has 1 aliphatic carbocycles. The fourth-order valence-corrected chi connectivity index (χ4v) is 2.15. The van der Waals surface area contributed by atoms with Gasteiger partial charge in [0, 0.05) is 12.5 Å². The van der Waals surface area contributed by atoms with Crippen LogP contribution in [0, 0.1) is 0 Å². The monoisotopic (exact) mass is 222 g/mol. The van der Waals surface area contributed by atoms with E-state index in [2.05, 4.69) is 17.2 Å². The first-order valence-corrected chi connectivity index (χ1v) is 5.93. The minimum atomic E-state index is -0.330. The van der Waals surface area contributed by atoms with Crippen molar-refractivity contribution >= 4 is 5.91 Å². The van der Waals surface area contributed by atoms with E-state index < -0.39 is 0 Å². The molecule has 16 heavy (non-hydrogen) atoms. The average Bonchev–Trinajstić information content (AvgIpc) is 2.48. The van der Waals surface area contributed by atoms with E-state index in [-0.39, 0.29) is 12.3 Å². The molecule has 88 valence electrons. The number of nitrogens with two attached hydrogens (primary N) is 1. The normalized spacial score (nSPS) is 16.1. The van der Waals surface area contributed by atoms with Crippen molar-refractivity contribution in [1.29, 1.82) is 0 Å². The second kappa shape index (κ2) is 4.63. The van der Waals surface area contributed by atoms with Gasteiger partial charge in [-0.1, -0.05) is 18.6 Å². The van der Waals surface area contributed by atoms with E-state index in [4.69, 9.17) is 5.73 Å². The molecule has 1 heterocycles. The van der Waals surface area contributed by atoms with Gasteiger partial charge in [0.15, 0.2) is 0 Å². The zero-order valence-electron chi connectivity index (χ0n) is 9.65. The molecular weight excluding hydrogens is 204 g/mol. The van der Waals surface area contributed by atoms with Crippen LogP contribution in [-0.2, 0) is 17.8 Å². The second-order valence-electron chi connectivity index (χ2n) is 4.42. The molecule has 1 fully saturated rings. The molecule has 0 radical (unpaired) electrons. The van der Waals surface area contributed by atoms with Gasteiger partial charge in [-0.2, -0.15) is 0 Å². The lowest BCUT2D eigenvalue weighted by Crippen LogP contribution is -2.20. The van der Waals surface area contributed by atoms with Gasteiger partial charge < -0.3 is 5.73 Å². The Hall–Kier alpha value is -1.39. The van der Waals surface area contributed by atoms with Gasteiger partial charge in [0.2, 0.25) is 5.91 Å². The van der Waals surface area contributed by atoms with Crippen molar-refractivity contribution in [3.8, 4) is 0 Å². The minimum Gasteiger partial charge on any atom is -0.369 e. The molecule has 0 aromatic carbocycles. The molecule has 5 heteroatoms. The molecule has 2 rings (SSSR count). The Morgan fingerprint density at radius 2 is 2.31 bits per heavy atom. The Balaban J connectivity index is 2.25. The van der Waals surface area contributed by atoms with Gasteiger partial charge >= 0.3 is 0 Å². The number of hydrogen-bond acceptors (Lipinski definition) is 3. The van der Waals surface area contributed by atoms with Crippen LogP contribution >= 0.6 is 0 Å². The van der Waals surface area contributed by atoms with Crippen molar-refractivity contribution in [1.82, 2.24) is 15.0 Å². The van der Waals surface area contributed by atoms with Crippen molar-refractivity contribution in [2.75, 3.05) is 0 Å². The van der Waals surface area contributed by atoms with E-state index in [0.29, 0.717) is 5.92 Å². The summed E-state index contributed by atoms with van der Waals surface area (Å²) in [4.78, 5) is 11.0. The van der Waals surface area contributed by atoms with Crippen molar-refractivity contribution in [3.05, 3.63) is 11.4 Å². The van der Waals surface area contributed by atoms with E-state index in [9.17, 15) is 4.79 Å². The third-order valence-electron chi connectivity index (χ3n) is 3.12. The van der Waals surface area contributed by atoms with Crippen LogP contribution in [0.4, 0.5) is 0 Å². The Labute approximate surface area is 95.0 Å². The maximum absolute atomic E-state index is 11.0. The highest BCUT2D eigenvalue weighted by Gasteiger charge is 2.27. The number of aryl methyl sites for hydroxylation is 1. The van der Waals surface area contributed by atoms with Gasteiger partial charge in [0.25, 0.3) is 0 Å². The summed E-state index contributed by atoms with van der Waals surface area (Å²) >= 11 is 0. The first-order chi connectivity index (χ1) is 7.72. The van der Waals surface area contributed by atoms with Crippen LogP contribution in [0.1, 0.15) is 49.9 Å². The molecule has 0 unspecified atom stereocenters. The molecule has 1 aromatic heterocycles. The Bertz CT molecular complexity index is 381. The predicted molar refractivity (Wildman–Crippen MR) is 59.8 cm³/mol. The highest BCUT2D eigenvalue weighted by Crippen LogP contribution is 2.37. The van der Waals surface area contributed by atoms with Crippen LogP contribution in [0.15, 0.2) is 0 Å². The second-order valence-corrected chi connectivity index (χ2v) is 4.42. The Morgan fingerprint density at radius 1 is 1.56 bits per heavy atom. The number of amides is 1. The third kappa shape index (κ3) is 2.08. The fourth-order valence-electron chi connectivity index (χ4n) is 2.15. The van der Waals surface area contributed by atoms with Gasteiger partial charge in [-0.3, -0.25) is 4.79 Å². The lowest BCUT2D eigenvalue weighted by atomic mass is 9.81. The van der Waals surface area contributed by atoms with Crippen LogP contribution < -0.4 is 5.73 Å². The molecule has 1 amide bonds. The molecule has 0 saturated heterocycles. The van der Waals surface area contributed by atoms with Crippen molar-refractivity contribution in [2.24, 2.45) is 5.73 Å². The first-order valence-electron chi connectivity index (χ1n) is 5.93. The van der Waals surface area contributed by atoms with Crippen LogP contribution in [0.25, 0.3) is 0 Å². The topological polar surface area (TPSA) is 73.8 Å². The Morgan fingerprint density at radius 3 is 2.81 bits per heavy atom. The molecule has 0 aliphatic heterocycles. The smallest absolute Gasteiger partial charge is 0.223 e. The highest BCUT2D eigenvalue weighted by molar-refractivity contribution is 5.76. The summed E-state index contributed by atoms with van der Waals surface area (Å²) in [6, 6.07) is 0. The number of hydrogen-bond donors (Lipinski definition) is 1. The molecule has 0 atom stereocenters. The van der Waals surface area contributed by atoms with E-state index >= 15 is 0 Å². The number of rotatable bonds is 5. The first kappa shape index (κ1) is 11.1. The van der Waals surface area contributed by atoms with Gasteiger partial charge in [-0.05, 0) is 19.3 Å². The van der Waals surface area contributed by atoms with Crippen LogP contribution in [0.5, 0.6) is 0 Å². The van der Waals surface area contributed by atoms with Gasteiger partial charge in [-0.25, -0.2) is 4.68 Å². The number of carbonyl (C=O) groups excluding carboxylic acids is 1. The molecule has 5 nitrogen and oxygen atoms in total. The molecule has 0 spiro atoms. The Kier molecular flexibility index (Phi) is 3.22. The summed E-state index contributed by atoms with van der Waals surface area (Å²) in [5.74, 6) is 0.208. The maximum atomic E-state index is 11.0. The summed E-state index contributed by atoms with van der Waals surface area (Å²) in [6.07, 6.45) is 4.87. The lowest BCUT2D eigenvalue weighted by molar-refractivity contribution is -0.117. The number of nitrogens with zero attached hydrogens (tertiary/aromatic N) is 3. The standard InChI is InChI=1S/C11H18N4O/c1-2-6-15-11(8-4-3-5-8)9(13-14-15)7-10(12)16/h8H,2-7H2,1H3,(H2,12,16). The predicted octanol–water partition coefficient (Wildman–Crippen LogP) is 0.983. The fraction of sp³-hybridized carbons (Fsp3) is 0.727. The van der Waals surface area contributed by atoms with E-state index in [0.717, 1.165) is 24.4 Å². The molecule has 1 aliphatic rings. The summed E-state index contributed by atoms with van der Waals surface area (Å²) < 4.78 is 1.95. The van der Waals surface area contributed by atoms with E-state index in [1.54, 1.807) is 0 Å². The lowest BCUT2D eigenvalue weighted by Gasteiger charge is -2.26. The van der Waals surface area contributed by atoms with Gasteiger partial charge in [0.1, 0.15) is 0 Å². The number of carbonyl (C=O) groups is 1. The van der Waals surface area contributed by atoms with E-state index in [1.807, 2.05) is 4.68 Å². The van der Waals surface area contributed by atoms with E-state index in [1.165, 1.54) is 19.3 Å². The van der Waals surface area contributed by atoms with Gasteiger partial charge in [-0.15, -0.1) is 5.10 Å². The largest absolute Gasteiger partial charge is 0.369 e. The quantitative estimate of drug-likeness (QED) is 0.807. The number of primary amides is 1. The summed E-state index contributed by atoms with van der Waals surface area (Å²) in [5.41, 5.74) is 7.15. The van der Waals surface area contributed by atoms with Crippen LogP contribution in [0.3, 0.4) is 0 Å². The molecule has 2 N–H and O–H groups in total. The van der Waals surface area contributed by atoms with Gasteiger partial charge in [0.05, 0.1) is 17.8 Å². The summed E-state index contributed by atoms with van der Waals surface area (Å²) in [6.45, 7) is 2.98. The third-order valence-corrected chi connectivity index (χ3v) is 3.12. The van der Waals surface area contributed by atoms with Crippen molar-refractivity contribution in [3.63, 3.8) is 0 Å². The summed E-state index contributed by atoms with van der Waals surface area (Å²) in [7, 11) is 0. The minimum absolute atomic E-state index is 0.218. The maximum Gasteiger partial charge on any atom is 0.223 e. The van der Waals surface area contributed by atoms with Crippen molar-refractivity contribution < 1.29 is 4.79 Å². The SMILES string of the molecule is CCCn1nnc(CC(N)=O)c1C1CCC1. The van der Waals surface area contributed by atoms with Crippen molar-refractivity contribution in [2.45, 2.75) is 51.5 Å². The molecular formula is C11H18N4O. The molecule has 1 aromatic rings. The van der Waals surface area contributed by atoms with Crippen LogP contribution in [0.2, 0.25) is 0 Å². The molecule has 1 saturated carbocycles.